The van der Waals surface area contributed by atoms with Gasteiger partial charge in [-0.2, -0.15) is 0 Å². The van der Waals surface area contributed by atoms with Crippen molar-refractivity contribution in [3.63, 3.8) is 0 Å². The summed E-state index contributed by atoms with van der Waals surface area (Å²) in [6.45, 7) is 3.91. The van der Waals surface area contributed by atoms with Crippen molar-refractivity contribution in [2.75, 3.05) is 24.3 Å². The fraction of sp³-hybridized carbons (Fsp3) is 0.500. The van der Waals surface area contributed by atoms with Crippen LogP contribution in [0.3, 0.4) is 0 Å². The topological polar surface area (TPSA) is 47.3 Å². The molecule has 1 fully saturated rings. The van der Waals surface area contributed by atoms with Crippen LogP contribution >= 0.6 is 0 Å². The second-order valence-corrected chi connectivity index (χ2v) is 4.22. The molecular weight excluding hydrogens is 188 g/mol. The minimum atomic E-state index is 0.501. The Hall–Kier alpha value is -1.22. The average molecular weight is 206 g/mol. The summed E-state index contributed by atoms with van der Waals surface area (Å²) >= 11 is 0. The van der Waals surface area contributed by atoms with Gasteiger partial charge in [0.05, 0.1) is 6.61 Å². The molecule has 1 aliphatic rings. The monoisotopic (exact) mass is 206 g/mol. The predicted octanol–water partition coefficient (Wildman–Crippen LogP) is 2.11. The van der Waals surface area contributed by atoms with Gasteiger partial charge in [-0.3, -0.25) is 0 Å². The van der Waals surface area contributed by atoms with E-state index in [0.29, 0.717) is 12.0 Å². The van der Waals surface area contributed by atoms with Gasteiger partial charge in [0.1, 0.15) is 0 Å². The van der Waals surface area contributed by atoms with Crippen LogP contribution in [0.15, 0.2) is 24.3 Å². The highest BCUT2D eigenvalue weighted by atomic mass is 16.5. The molecule has 0 radical (unpaired) electrons. The largest absolute Gasteiger partial charge is 0.399 e. The van der Waals surface area contributed by atoms with Crippen molar-refractivity contribution in [1.29, 1.82) is 0 Å². The summed E-state index contributed by atoms with van der Waals surface area (Å²) in [4.78, 5) is 0. The van der Waals surface area contributed by atoms with Gasteiger partial charge in [0.25, 0.3) is 0 Å². The number of hydrogen-bond donors (Lipinski definition) is 2. The summed E-state index contributed by atoms with van der Waals surface area (Å²) in [5.41, 5.74) is 7.64. The van der Waals surface area contributed by atoms with Crippen LogP contribution in [0.5, 0.6) is 0 Å². The summed E-state index contributed by atoms with van der Waals surface area (Å²) in [5, 5.41) is 3.51. The van der Waals surface area contributed by atoms with Gasteiger partial charge in [0.2, 0.25) is 0 Å². The highest BCUT2D eigenvalue weighted by molar-refractivity contribution is 5.54. The molecule has 1 aromatic carbocycles. The van der Waals surface area contributed by atoms with Crippen LogP contribution in [-0.4, -0.2) is 19.3 Å². The molecule has 1 aromatic rings. The number of nitrogen functional groups attached to an aromatic ring is 1. The van der Waals surface area contributed by atoms with E-state index in [0.717, 1.165) is 31.0 Å². The molecule has 2 atom stereocenters. The molecule has 0 aliphatic carbocycles. The second kappa shape index (κ2) is 4.53. The van der Waals surface area contributed by atoms with Crippen LogP contribution in [0.25, 0.3) is 0 Å². The Balaban J connectivity index is 2.01. The van der Waals surface area contributed by atoms with Crippen LogP contribution in [0.4, 0.5) is 11.4 Å². The molecule has 0 aromatic heterocycles. The van der Waals surface area contributed by atoms with Gasteiger partial charge < -0.3 is 15.8 Å². The van der Waals surface area contributed by atoms with Gasteiger partial charge in [0, 0.05) is 24.0 Å². The number of nitrogens with two attached hydrogens (primary N) is 1. The first-order valence-corrected chi connectivity index (χ1v) is 5.45. The van der Waals surface area contributed by atoms with Crippen molar-refractivity contribution >= 4 is 11.4 Å². The van der Waals surface area contributed by atoms with Crippen molar-refractivity contribution < 1.29 is 4.74 Å². The van der Waals surface area contributed by atoms with Crippen LogP contribution < -0.4 is 11.1 Å². The maximum atomic E-state index is 5.73. The quantitative estimate of drug-likeness (QED) is 0.728. The average Bonchev–Trinajstić information content (AvgIpc) is 2.22. The Bertz CT molecular complexity index is 327. The first kappa shape index (κ1) is 10.3. The van der Waals surface area contributed by atoms with E-state index in [4.69, 9.17) is 10.5 Å². The van der Waals surface area contributed by atoms with Crippen LogP contribution in [0, 0.1) is 5.92 Å². The van der Waals surface area contributed by atoms with E-state index in [1.165, 1.54) is 0 Å². The maximum Gasteiger partial charge on any atom is 0.0511 e. The Labute approximate surface area is 90.6 Å². The van der Waals surface area contributed by atoms with Crippen molar-refractivity contribution in [2.24, 2.45) is 5.92 Å². The molecule has 3 N–H and O–H groups in total. The van der Waals surface area contributed by atoms with E-state index in [9.17, 15) is 0 Å². The van der Waals surface area contributed by atoms with E-state index in [2.05, 4.69) is 18.3 Å². The molecule has 0 bridgehead atoms. The molecule has 0 spiro atoms. The summed E-state index contributed by atoms with van der Waals surface area (Å²) in [6, 6.07) is 8.40. The molecular formula is C12H18N2O. The molecule has 82 valence electrons. The van der Waals surface area contributed by atoms with Crippen molar-refractivity contribution in [3.8, 4) is 0 Å². The fourth-order valence-electron chi connectivity index (χ4n) is 1.94. The summed E-state index contributed by atoms with van der Waals surface area (Å²) < 4.78 is 5.41. The van der Waals surface area contributed by atoms with Gasteiger partial charge in [-0.05, 0) is 30.5 Å². The van der Waals surface area contributed by atoms with E-state index in [1.54, 1.807) is 0 Å². The molecule has 1 unspecified atom stereocenters. The molecule has 1 aliphatic heterocycles. The van der Waals surface area contributed by atoms with E-state index in [-0.39, 0.29) is 0 Å². The molecule has 1 heterocycles. The molecule has 3 heteroatoms. The van der Waals surface area contributed by atoms with Crippen molar-refractivity contribution in [3.05, 3.63) is 24.3 Å². The smallest absolute Gasteiger partial charge is 0.0511 e. The predicted molar refractivity (Wildman–Crippen MR) is 62.9 cm³/mol. The summed E-state index contributed by atoms with van der Waals surface area (Å²) in [6.07, 6.45) is 1.07. The van der Waals surface area contributed by atoms with E-state index >= 15 is 0 Å². The number of anilines is 2. The van der Waals surface area contributed by atoms with Crippen molar-refractivity contribution in [1.82, 2.24) is 0 Å². The zero-order valence-corrected chi connectivity index (χ0v) is 9.07. The summed E-state index contributed by atoms with van der Waals surface area (Å²) in [7, 11) is 0. The van der Waals surface area contributed by atoms with Gasteiger partial charge in [-0.25, -0.2) is 0 Å². The van der Waals surface area contributed by atoms with E-state index in [1.807, 2.05) is 18.2 Å². The molecule has 2 rings (SSSR count). The molecule has 15 heavy (non-hydrogen) atoms. The van der Waals surface area contributed by atoms with Gasteiger partial charge in [-0.15, -0.1) is 0 Å². The maximum absolute atomic E-state index is 5.73. The first-order chi connectivity index (χ1) is 7.25. The van der Waals surface area contributed by atoms with Gasteiger partial charge in [0.15, 0.2) is 0 Å². The molecule has 3 nitrogen and oxygen atoms in total. The molecule has 1 saturated heterocycles. The Morgan fingerprint density at radius 3 is 3.07 bits per heavy atom. The highest BCUT2D eigenvalue weighted by Gasteiger charge is 2.21. The van der Waals surface area contributed by atoms with Crippen LogP contribution in [-0.2, 0) is 4.74 Å². The minimum absolute atomic E-state index is 0.501. The van der Waals surface area contributed by atoms with Crippen LogP contribution in [0.1, 0.15) is 13.3 Å². The summed E-state index contributed by atoms with van der Waals surface area (Å²) in [5.74, 6) is 0.556. The lowest BCUT2D eigenvalue weighted by atomic mass is 9.97. The van der Waals surface area contributed by atoms with Gasteiger partial charge >= 0.3 is 0 Å². The SMILES string of the molecule is C[C@@H]1COCCC1Nc1cccc(N)c1. The third kappa shape index (κ3) is 2.63. The zero-order chi connectivity index (χ0) is 10.7. The molecule has 0 amide bonds. The Morgan fingerprint density at radius 2 is 2.33 bits per heavy atom. The fourth-order valence-corrected chi connectivity index (χ4v) is 1.94. The van der Waals surface area contributed by atoms with Crippen molar-refractivity contribution in [2.45, 2.75) is 19.4 Å². The second-order valence-electron chi connectivity index (χ2n) is 4.22. The lowest BCUT2D eigenvalue weighted by molar-refractivity contribution is 0.0538. The van der Waals surface area contributed by atoms with Gasteiger partial charge in [-0.1, -0.05) is 13.0 Å². The minimum Gasteiger partial charge on any atom is -0.399 e. The third-order valence-electron chi connectivity index (χ3n) is 2.88. The standard InChI is InChI=1S/C12H18N2O/c1-9-8-15-6-5-12(9)14-11-4-2-3-10(13)7-11/h2-4,7,9,12,14H,5-6,8,13H2,1H3/t9-,12?/m1/s1. The number of rotatable bonds is 2. The molecule has 0 saturated carbocycles. The number of nitrogens with one attached hydrogen (secondary N) is 1. The normalized spacial score (nSPS) is 26.2. The lowest BCUT2D eigenvalue weighted by Gasteiger charge is -2.30. The zero-order valence-electron chi connectivity index (χ0n) is 9.07. The number of ether oxygens (including phenoxy) is 1. The lowest BCUT2D eigenvalue weighted by Crippen LogP contribution is -2.35. The van der Waals surface area contributed by atoms with Crippen LogP contribution in [0.2, 0.25) is 0 Å². The third-order valence-corrected chi connectivity index (χ3v) is 2.88. The highest BCUT2D eigenvalue weighted by Crippen LogP contribution is 2.20. The number of benzene rings is 1. The Kier molecular flexibility index (Phi) is 3.11. The number of hydrogen-bond acceptors (Lipinski definition) is 3. The van der Waals surface area contributed by atoms with E-state index < -0.39 is 0 Å². The Morgan fingerprint density at radius 1 is 1.47 bits per heavy atom. The first-order valence-electron chi connectivity index (χ1n) is 5.45.